The number of hydrogen-bond donors (Lipinski definition) is 0. The molecule has 3 aromatic rings. The minimum Gasteiger partial charge on any atom is -0.452 e. The van der Waals surface area contributed by atoms with Crippen LogP contribution in [0.15, 0.2) is 59.1 Å². The molecular weight excluding hydrogens is 357 g/mol. The van der Waals surface area contributed by atoms with Crippen LogP contribution in [0.3, 0.4) is 0 Å². The first-order valence-electron chi connectivity index (χ1n) is 7.78. The Balaban J connectivity index is 1.63. The Morgan fingerprint density at radius 3 is 2.73 bits per heavy atom. The summed E-state index contributed by atoms with van der Waals surface area (Å²) < 4.78 is 35.0. The van der Waals surface area contributed by atoms with Gasteiger partial charge >= 0.3 is 5.97 Å². The zero-order valence-corrected chi connectivity index (χ0v) is 14.8. The highest BCUT2D eigenvalue weighted by atomic mass is 32.2. The van der Waals surface area contributed by atoms with E-state index in [4.69, 9.17) is 9.15 Å². The van der Waals surface area contributed by atoms with Crippen LogP contribution in [0.25, 0.3) is 11.3 Å². The third-order valence-electron chi connectivity index (χ3n) is 3.54. The Hall–Kier alpha value is -2.80. The van der Waals surface area contributed by atoms with Gasteiger partial charge in [0, 0.05) is 28.4 Å². The molecule has 0 aliphatic rings. The van der Waals surface area contributed by atoms with Gasteiger partial charge < -0.3 is 9.15 Å². The first kappa shape index (κ1) is 18.0. The maximum Gasteiger partial charge on any atom is 0.338 e. The van der Waals surface area contributed by atoms with Crippen LogP contribution in [0.4, 0.5) is 4.39 Å². The zero-order valence-electron chi connectivity index (χ0n) is 14.0. The van der Waals surface area contributed by atoms with Crippen molar-refractivity contribution in [2.24, 2.45) is 0 Å². The predicted octanol–water partition coefficient (Wildman–Crippen LogP) is 3.72. The van der Waals surface area contributed by atoms with Crippen molar-refractivity contribution >= 4 is 16.8 Å². The molecule has 1 unspecified atom stereocenters. The summed E-state index contributed by atoms with van der Waals surface area (Å²) in [5.41, 5.74) is 1.85. The van der Waals surface area contributed by atoms with Crippen LogP contribution in [0.1, 0.15) is 21.8 Å². The largest absolute Gasteiger partial charge is 0.452 e. The van der Waals surface area contributed by atoms with Crippen LogP contribution < -0.4 is 0 Å². The molecule has 0 amide bonds. The van der Waals surface area contributed by atoms with E-state index in [0.29, 0.717) is 22.6 Å². The summed E-state index contributed by atoms with van der Waals surface area (Å²) in [6.07, 6.45) is 3.10. The van der Waals surface area contributed by atoms with Crippen molar-refractivity contribution in [2.45, 2.75) is 12.4 Å². The summed E-state index contributed by atoms with van der Waals surface area (Å²) >= 11 is 0. The molecule has 0 spiro atoms. The first-order valence-corrected chi connectivity index (χ1v) is 9.51. The number of esters is 1. The van der Waals surface area contributed by atoms with Gasteiger partial charge in [-0.2, -0.15) is 0 Å². The lowest BCUT2D eigenvalue weighted by Gasteiger charge is -2.04. The van der Waals surface area contributed by atoms with E-state index in [0.717, 1.165) is 5.56 Å². The summed E-state index contributed by atoms with van der Waals surface area (Å²) in [7, 11) is -0.989. The van der Waals surface area contributed by atoms with Crippen LogP contribution in [0.2, 0.25) is 0 Å². The molecule has 0 aliphatic heterocycles. The zero-order chi connectivity index (χ0) is 18.5. The van der Waals surface area contributed by atoms with Crippen LogP contribution in [0, 0.1) is 5.82 Å². The number of nitrogens with zero attached hydrogens (tertiary/aromatic N) is 1. The Morgan fingerprint density at radius 2 is 2.00 bits per heavy atom. The molecule has 0 radical (unpaired) electrons. The van der Waals surface area contributed by atoms with Crippen molar-refractivity contribution in [3.05, 3.63) is 77.6 Å². The molecule has 1 heterocycles. The molecule has 0 bridgehead atoms. The summed E-state index contributed by atoms with van der Waals surface area (Å²) in [5, 5.41) is 0. The normalized spacial score (nSPS) is 11.9. The number of hydrogen-bond acceptors (Lipinski definition) is 5. The maximum atomic E-state index is 13.0. The number of benzene rings is 2. The predicted molar refractivity (Wildman–Crippen MR) is 95.2 cm³/mol. The second-order valence-electron chi connectivity index (χ2n) is 5.62. The highest BCUT2D eigenvalue weighted by molar-refractivity contribution is 7.83. The lowest BCUT2D eigenvalue weighted by atomic mass is 10.1. The summed E-state index contributed by atoms with van der Waals surface area (Å²) in [4.78, 5) is 16.2. The molecule has 26 heavy (non-hydrogen) atoms. The van der Waals surface area contributed by atoms with E-state index in [-0.39, 0.29) is 18.3 Å². The Kier molecular flexibility index (Phi) is 5.58. The highest BCUT2D eigenvalue weighted by Crippen LogP contribution is 2.21. The summed E-state index contributed by atoms with van der Waals surface area (Å²) in [6, 6.07) is 12.6. The SMILES string of the molecule is CS(=O)Cc1cccc(C(=O)OCc2ncc(-c3ccc(F)cc3)o2)c1. The maximum absolute atomic E-state index is 13.0. The molecule has 0 N–H and O–H groups in total. The van der Waals surface area contributed by atoms with Gasteiger partial charge in [0.25, 0.3) is 0 Å². The summed E-state index contributed by atoms with van der Waals surface area (Å²) in [6.45, 7) is -0.121. The second-order valence-corrected chi connectivity index (χ2v) is 7.05. The fourth-order valence-electron chi connectivity index (χ4n) is 2.36. The lowest BCUT2D eigenvalue weighted by molar-refractivity contribution is 0.0439. The van der Waals surface area contributed by atoms with Crippen LogP contribution in [0.5, 0.6) is 0 Å². The van der Waals surface area contributed by atoms with Crippen molar-refractivity contribution in [2.75, 3.05) is 6.26 Å². The number of halogens is 1. The van der Waals surface area contributed by atoms with Crippen molar-refractivity contribution in [1.82, 2.24) is 4.98 Å². The van der Waals surface area contributed by atoms with E-state index in [1.807, 2.05) is 0 Å². The first-order chi connectivity index (χ1) is 12.5. The minimum absolute atomic E-state index is 0.121. The van der Waals surface area contributed by atoms with E-state index >= 15 is 0 Å². The van der Waals surface area contributed by atoms with Gasteiger partial charge in [-0.15, -0.1) is 0 Å². The van der Waals surface area contributed by atoms with Crippen LogP contribution in [-0.4, -0.2) is 21.4 Å². The lowest BCUT2D eigenvalue weighted by Crippen LogP contribution is -2.06. The van der Waals surface area contributed by atoms with Crippen molar-refractivity contribution < 1.29 is 22.5 Å². The van der Waals surface area contributed by atoms with Gasteiger partial charge in [0.05, 0.1) is 11.8 Å². The van der Waals surface area contributed by atoms with Gasteiger partial charge in [0.1, 0.15) is 5.82 Å². The summed E-state index contributed by atoms with van der Waals surface area (Å²) in [5.74, 6) is 0.223. The third-order valence-corrected chi connectivity index (χ3v) is 4.28. The topological polar surface area (TPSA) is 69.4 Å². The molecule has 0 saturated carbocycles. The van der Waals surface area contributed by atoms with Gasteiger partial charge in [-0.3, -0.25) is 4.21 Å². The molecular formula is C19H16FNO4S. The molecule has 1 aromatic heterocycles. The molecule has 0 saturated heterocycles. The molecule has 0 fully saturated rings. The van der Waals surface area contributed by atoms with Gasteiger partial charge in [0.15, 0.2) is 12.4 Å². The Labute approximate surface area is 152 Å². The quantitative estimate of drug-likeness (QED) is 0.616. The smallest absolute Gasteiger partial charge is 0.338 e. The van der Waals surface area contributed by atoms with Crippen LogP contribution >= 0.6 is 0 Å². The third kappa shape index (κ3) is 4.64. The molecule has 134 valence electrons. The molecule has 0 aliphatic carbocycles. The fraction of sp³-hybridized carbons (Fsp3) is 0.158. The van der Waals surface area contributed by atoms with Gasteiger partial charge in [-0.05, 0) is 42.0 Å². The Bertz CT molecular complexity index is 937. The molecule has 3 rings (SSSR count). The number of oxazole rings is 1. The van der Waals surface area contributed by atoms with E-state index in [1.165, 1.54) is 18.3 Å². The highest BCUT2D eigenvalue weighted by Gasteiger charge is 2.12. The number of aromatic nitrogens is 1. The number of carbonyl (C=O) groups excluding carboxylic acids is 1. The van der Waals surface area contributed by atoms with Crippen molar-refractivity contribution in [3.8, 4) is 11.3 Å². The number of rotatable bonds is 6. The average molecular weight is 373 g/mol. The molecule has 2 aromatic carbocycles. The van der Waals surface area contributed by atoms with E-state index in [9.17, 15) is 13.4 Å². The monoisotopic (exact) mass is 373 g/mol. The second kappa shape index (κ2) is 8.05. The van der Waals surface area contributed by atoms with E-state index < -0.39 is 16.8 Å². The number of ether oxygens (including phenoxy) is 1. The van der Waals surface area contributed by atoms with E-state index in [1.54, 1.807) is 42.7 Å². The molecule has 7 heteroatoms. The molecule has 1 atom stereocenters. The van der Waals surface area contributed by atoms with Gasteiger partial charge in [0.2, 0.25) is 5.89 Å². The molecule has 5 nitrogen and oxygen atoms in total. The Morgan fingerprint density at radius 1 is 1.23 bits per heavy atom. The fourth-order valence-corrected chi connectivity index (χ4v) is 3.01. The van der Waals surface area contributed by atoms with Crippen molar-refractivity contribution in [1.29, 1.82) is 0 Å². The average Bonchev–Trinajstić information content (AvgIpc) is 3.09. The van der Waals surface area contributed by atoms with Gasteiger partial charge in [-0.25, -0.2) is 14.2 Å². The van der Waals surface area contributed by atoms with E-state index in [2.05, 4.69) is 4.98 Å². The van der Waals surface area contributed by atoms with Crippen molar-refractivity contribution in [3.63, 3.8) is 0 Å². The van der Waals surface area contributed by atoms with Crippen LogP contribution in [-0.2, 0) is 27.9 Å². The van der Waals surface area contributed by atoms with Gasteiger partial charge in [-0.1, -0.05) is 12.1 Å². The standard InChI is InChI=1S/C19H16FNO4S/c1-26(23)12-13-3-2-4-15(9-13)19(22)24-11-18-21-10-17(25-18)14-5-7-16(20)8-6-14/h2-10H,11-12H2,1H3. The number of carbonyl (C=O) groups is 1. The minimum atomic E-state index is -0.989.